The van der Waals surface area contributed by atoms with Gasteiger partial charge >= 0.3 is 5.97 Å². The highest BCUT2D eigenvalue weighted by Crippen LogP contribution is 2.37. The number of carboxylic acid groups (broad SMARTS) is 1. The Labute approximate surface area is 157 Å². The van der Waals surface area contributed by atoms with E-state index < -0.39 is 5.97 Å². The third-order valence-corrected chi connectivity index (χ3v) is 6.40. The van der Waals surface area contributed by atoms with Gasteiger partial charge < -0.3 is 15.3 Å². The maximum atomic E-state index is 10.8. The number of aliphatic hydroxyl groups is 2. The zero-order valence-corrected chi connectivity index (χ0v) is 16.6. The summed E-state index contributed by atoms with van der Waals surface area (Å²) < 4.78 is 0. The molecule has 0 aromatic heterocycles. The maximum absolute atomic E-state index is 10.8. The molecule has 0 saturated heterocycles. The molecule has 2 unspecified atom stereocenters. The highest BCUT2D eigenvalue weighted by molar-refractivity contribution is 8.00. The first-order chi connectivity index (χ1) is 12.0. The zero-order valence-electron chi connectivity index (χ0n) is 15.8. The van der Waals surface area contributed by atoms with Gasteiger partial charge in [0.15, 0.2) is 0 Å². The van der Waals surface area contributed by atoms with Crippen molar-refractivity contribution in [2.45, 2.75) is 89.1 Å². The SMILES string of the molecule is CCCCCC(O)C=C[C@H]1CC[C@H](O)[C@@H]1CCCCSC(C)C(=O)O. The number of hydrogen-bond donors (Lipinski definition) is 3. The summed E-state index contributed by atoms with van der Waals surface area (Å²) in [5.74, 6) is 0.744. The van der Waals surface area contributed by atoms with E-state index in [1.807, 2.05) is 6.08 Å². The number of rotatable bonds is 13. The Morgan fingerprint density at radius 3 is 2.68 bits per heavy atom. The minimum atomic E-state index is -0.751. The normalized spacial score (nSPS) is 26.2. The van der Waals surface area contributed by atoms with Gasteiger partial charge in [0.05, 0.1) is 17.5 Å². The van der Waals surface area contributed by atoms with Crippen molar-refractivity contribution in [3.05, 3.63) is 12.2 Å². The summed E-state index contributed by atoms with van der Waals surface area (Å²) in [4.78, 5) is 10.8. The van der Waals surface area contributed by atoms with Crippen LogP contribution in [-0.4, -0.2) is 44.5 Å². The Morgan fingerprint density at radius 1 is 1.24 bits per heavy atom. The van der Waals surface area contributed by atoms with Crippen LogP contribution in [-0.2, 0) is 4.79 Å². The highest BCUT2D eigenvalue weighted by Gasteiger charge is 2.32. The number of aliphatic hydroxyl groups excluding tert-OH is 2. The quantitative estimate of drug-likeness (QED) is 0.333. The van der Waals surface area contributed by atoms with E-state index in [2.05, 4.69) is 13.0 Å². The summed E-state index contributed by atoms with van der Waals surface area (Å²) in [5, 5.41) is 28.8. The Bertz CT molecular complexity index is 399. The number of hydrogen-bond acceptors (Lipinski definition) is 4. The molecular formula is C20H36O4S. The van der Waals surface area contributed by atoms with Gasteiger partial charge in [-0.2, -0.15) is 0 Å². The molecule has 0 heterocycles. The lowest BCUT2D eigenvalue weighted by molar-refractivity contribution is -0.136. The Morgan fingerprint density at radius 2 is 2.00 bits per heavy atom. The first kappa shape index (κ1) is 22.5. The van der Waals surface area contributed by atoms with Gasteiger partial charge in [-0.15, -0.1) is 11.8 Å². The van der Waals surface area contributed by atoms with Gasteiger partial charge in [-0.25, -0.2) is 0 Å². The van der Waals surface area contributed by atoms with E-state index in [4.69, 9.17) is 5.11 Å². The lowest BCUT2D eigenvalue weighted by atomic mass is 9.89. The van der Waals surface area contributed by atoms with Crippen LogP contribution >= 0.6 is 11.8 Å². The Kier molecular flexibility index (Phi) is 11.5. The fraction of sp³-hybridized carbons (Fsp3) is 0.850. The molecule has 0 aliphatic heterocycles. The molecule has 1 aliphatic rings. The molecule has 0 aromatic carbocycles. The van der Waals surface area contributed by atoms with E-state index >= 15 is 0 Å². The number of unbranched alkanes of at least 4 members (excludes halogenated alkanes) is 3. The van der Waals surface area contributed by atoms with Crippen LogP contribution in [0.25, 0.3) is 0 Å². The zero-order chi connectivity index (χ0) is 18.7. The van der Waals surface area contributed by atoms with Crippen molar-refractivity contribution in [3.63, 3.8) is 0 Å². The van der Waals surface area contributed by atoms with E-state index in [9.17, 15) is 15.0 Å². The lowest BCUT2D eigenvalue weighted by Gasteiger charge is -2.20. The maximum Gasteiger partial charge on any atom is 0.316 e. The molecule has 5 heteroatoms. The number of carboxylic acids is 1. The second-order valence-corrected chi connectivity index (χ2v) is 8.72. The second kappa shape index (κ2) is 12.8. The molecule has 3 N–H and O–H groups in total. The van der Waals surface area contributed by atoms with Crippen molar-refractivity contribution < 1.29 is 20.1 Å². The summed E-state index contributed by atoms with van der Waals surface area (Å²) in [6.45, 7) is 3.88. The van der Waals surface area contributed by atoms with Crippen LogP contribution in [0.5, 0.6) is 0 Å². The molecule has 5 atom stereocenters. The molecule has 0 aromatic rings. The van der Waals surface area contributed by atoms with Crippen molar-refractivity contribution in [1.82, 2.24) is 0 Å². The molecule has 0 spiro atoms. The molecule has 0 radical (unpaired) electrons. The fourth-order valence-corrected chi connectivity index (χ4v) is 4.37. The molecule has 1 aliphatic carbocycles. The second-order valence-electron chi connectivity index (χ2n) is 7.27. The van der Waals surface area contributed by atoms with Gasteiger partial charge in [0.2, 0.25) is 0 Å². The van der Waals surface area contributed by atoms with Gasteiger partial charge in [0, 0.05) is 0 Å². The van der Waals surface area contributed by atoms with E-state index in [1.165, 1.54) is 11.8 Å². The number of carbonyl (C=O) groups is 1. The molecule has 0 amide bonds. The van der Waals surface area contributed by atoms with Crippen LogP contribution in [0.1, 0.15) is 71.6 Å². The summed E-state index contributed by atoms with van der Waals surface area (Å²) >= 11 is 1.48. The summed E-state index contributed by atoms with van der Waals surface area (Å²) in [6.07, 6.45) is 12.5. The highest BCUT2D eigenvalue weighted by atomic mass is 32.2. The van der Waals surface area contributed by atoms with Gasteiger partial charge in [-0.05, 0) is 56.6 Å². The van der Waals surface area contributed by atoms with Crippen molar-refractivity contribution in [2.24, 2.45) is 11.8 Å². The third-order valence-electron chi connectivity index (χ3n) is 5.17. The van der Waals surface area contributed by atoms with Crippen LogP contribution in [0, 0.1) is 11.8 Å². The summed E-state index contributed by atoms with van der Waals surface area (Å²) in [7, 11) is 0. The lowest BCUT2D eigenvalue weighted by Crippen LogP contribution is -2.18. The van der Waals surface area contributed by atoms with Gasteiger partial charge in [0.25, 0.3) is 0 Å². The molecule has 146 valence electrons. The topological polar surface area (TPSA) is 77.8 Å². The largest absolute Gasteiger partial charge is 0.480 e. The minimum Gasteiger partial charge on any atom is -0.480 e. The van der Waals surface area contributed by atoms with Crippen molar-refractivity contribution in [2.75, 3.05) is 5.75 Å². The van der Waals surface area contributed by atoms with E-state index in [0.29, 0.717) is 5.92 Å². The van der Waals surface area contributed by atoms with E-state index in [0.717, 1.165) is 63.5 Å². The standard InChI is InChI=1S/C20H36O4S/c1-3-4-5-8-17(21)12-10-16-11-13-19(22)18(16)9-6-7-14-25-15(2)20(23)24/h10,12,15-19,21-22H,3-9,11,13-14H2,1-2H3,(H,23,24)/t15?,16-,17?,18+,19-/m0/s1. The van der Waals surface area contributed by atoms with Crippen LogP contribution < -0.4 is 0 Å². The van der Waals surface area contributed by atoms with E-state index in [-0.39, 0.29) is 23.4 Å². The van der Waals surface area contributed by atoms with Crippen molar-refractivity contribution >= 4 is 17.7 Å². The van der Waals surface area contributed by atoms with Gasteiger partial charge in [0.1, 0.15) is 0 Å². The minimum absolute atomic E-state index is 0.238. The first-order valence-corrected chi connectivity index (χ1v) is 10.9. The van der Waals surface area contributed by atoms with Crippen LogP contribution in [0.15, 0.2) is 12.2 Å². The number of allylic oxidation sites excluding steroid dienone is 1. The molecule has 1 rings (SSSR count). The molecular weight excluding hydrogens is 336 g/mol. The number of thioether (sulfide) groups is 1. The van der Waals surface area contributed by atoms with Gasteiger partial charge in [-0.3, -0.25) is 4.79 Å². The predicted molar refractivity (Wildman–Crippen MR) is 105 cm³/mol. The third kappa shape index (κ3) is 9.11. The Balaban J connectivity index is 2.29. The molecule has 4 nitrogen and oxygen atoms in total. The molecule has 25 heavy (non-hydrogen) atoms. The van der Waals surface area contributed by atoms with Crippen LogP contribution in [0.4, 0.5) is 0 Å². The predicted octanol–water partition coefficient (Wildman–Crippen LogP) is 4.25. The smallest absolute Gasteiger partial charge is 0.316 e. The van der Waals surface area contributed by atoms with Gasteiger partial charge in [-0.1, -0.05) is 44.8 Å². The molecule has 1 fully saturated rings. The van der Waals surface area contributed by atoms with Crippen molar-refractivity contribution in [1.29, 1.82) is 0 Å². The molecule has 1 saturated carbocycles. The fourth-order valence-electron chi connectivity index (χ4n) is 3.51. The average molecular weight is 373 g/mol. The van der Waals surface area contributed by atoms with Crippen LogP contribution in [0.2, 0.25) is 0 Å². The van der Waals surface area contributed by atoms with Crippen molar-refractivity contribution in [3.8, 4) is 0 Å². The summed E-state index contributed by atoms with van der Waals surface area (Å²) in [5.41, 5.74) is 0. The summed E-state index contributed by atoms with van der Waals surface area (Å²) in [6, 6.07) is 0. The first-order valence-electron chi connectivity index (χ1n) is 9.84. The van der Waals surface area contributed by atoms with Crippen LogP contribution in [0.3, 0.4) is 0 Å². The Hall–Kier alpha value is -0.520. The molecule has 0 bridgehead atoms. The monoisotopic (exact) mass is 372 g/mol. The average Bonchev–Trinajstić information content (AvgIpc) is 2.92. The number of aliphatic carboxylic acids is 1. The van der Waals surface area contributed by atoms with E-state index in [1.54, 1.807) is 6.92 Å².